The van der Waals surface area contributed by atoms with Gasteiger partial charge >= 0.3 is 6.09 Å². The molecule has 0 aliphatic heterocycles. The first kappa shape index (κ1) is 14.3. The first-order chi connectivity index (χ1) is 9.69. The van der Waals surface area contributed by atoms with Crippen molar-refractivity contribution in [1.29, 1.82) is 0 Å². The summed E-state index contributed by atoms with van der Waals surface area (Å²) in [4.78, 5) is 23.3. The third kappa shape index (κ3) is 3.95. The molecule has 1 N–H and O–H groups in total. The summed E-state index contributed by atoms with van der Waals surface area (Å²) in [7, 11) is 0. The molecular formula is C16H19NO3. The predicted molar refractivity (Wildman–Crippen MR) is 76.0 cm³/mol. The van der Waals surface area contributed by atoms with E-state index in [-0.39, 0.29) is 24.2 Å². The molecule has 1 saturated carbocycles. The minimum atomic E-state index is -0.483. The lowest BCUT2D eigenvalue weighted by atomic mass is 10.1. The van der Waals surface area contributed by atoms with Crippen molar-refractivity contribution in [2.24, 2.45) is 11.8 Å². The maximum Gasteiger partial charge on any atom is 0.407 e. The zero-order valence-corrected chi connectivity index (χ0v) is 11.4. The Hall–Kier alpha value is -2.10. The van der Waals surface area contributed by atoms with E-state index in [0.717, 1.165) is 12.0 Å². The van der Waals surface area contributed by atoms with Crippen LogP contribution in [0.4, 0.5) is 4.79 Å². The van der Waals surface area contributed by atoms with Crippen LogP contribution in [-0.2, 0) is 16.1 Å². The fourth-order valence-electron chi connectivity index (χ4n) is 2.36. The molecule has 4 nitrogen and oxygen atoms in total. The highest BCUT2D eigenvalue weighted by molar-refractivity contribution is 5.84. The van der Waals surface area contributed by atoms with E-state index in [0.29, 0.717) is 13.0 Å². The number of hydrogen-bond acceptors (Lipinski definition) is 3. The molecule has 0 radical (unpaired) electrons. The second-order valence-electron chi connectivity index (χ2n) is 5.04. The number of Topliss-reactive ketones (excluding diaryl/α,β-unsaturated/α-hetero) is 1. The molecule has 1 amide bonds. The van der Waals surface area contributed by atoms with E-state index in [1.54, 1.807) is 0 Å². The summed E-state index contributed by atoms with van der Waals surface area (Å²) in [6, 6.07) is 9.47. The van der Waals surface area contributed by atoms with E-state index < -0.39 is 6.09 Å². The molecule has 1 aliphatic carbocycles. The van der Waals surface area contributed by atoms with Crippen LogP contribution >= 0.6 is 0 Å². The summed E-state index contributed by atoms with van der Waals surface area (Å²) in [5.74, 6) is 0.329. The molecule has 1 aliphatic rings. The standard InChI is InChI=1S/C16H19NO3/c1-2-12-8-14(15(18)9-12)10-17-16(19)20-11-13-6-4-3-5-7-13/h2-7,12,14H,1,8-11H2,(H,17,19). The number of allylic oxidation sites excluding steroid dienone is 1. The molecule has 0 aromatic heterocycles. The Morgan fingerprint density at radius 1 is 1.40 bits per heavy atom. The fraction of sp³-hybridized carbons (Fsp3) is 0.375. The van der Waals surface area contributed by atoms with Crippen molar-refractivity contribution >= 4 is 11.9 Å². The summed E-state index contributed by atoms with van der Waals surface area (Å²) < 4.78 is 5.09. The maximum atomic E-state index is 11.7. The van der Waals surface area contributed by atoms with Gasteiger partial charge in [0.1, 0.15) is 12.4 Å². The van der Waals surface area contributed by atoms with Gasteiger partial charge in [0.25, 0.3) is 0 Å². The molecule has 0 heterocycles. The van der Waals surface area contributed by atoms with Crippen LogP contribution in [0.15, 0.2) is 43.0 Å². The number of amides is 1. The van der Waals surface area contributed by atoms with Crippen LogP contribution in [0, 0.1) is 11.8 Å². The lowest BCUT2D eigenvalue weighted by Gasteiger charge is -2.10. The van der Waals surface area contributed by atoms with Crippen molar-refractivity contribution in [2.75, 3.05) is 6.54 Å². The normalized spacial score (nSPS) is 21.5. The van der Waals surface area contributed by atoms with Crippen molar-refractivity contribution in [1.82, 2.24) is 5.32 Å². The Balaban J connectivity index is 1.70. The Labute approximate surface area is 118 Å². The molecule has 0 bridgehead atoms. The quantitative estimate of drug-likeness (QED) is 0.839. The lowest BCUT2D eigenvalue weighted by Crippen LogP contribution is -2.31. The van der Waals surface area contributed by atoms with E-state index >= 15 is 0 Å². The average molecular weight is 273 g/mol. The van der Waals surface area contributed by atoms with Gasteiger partial charge in [-0.1, -0.05) is 36.4 Å². The number of nitrogens with one attached hydrogen (secondary N) is 1. The monoisotopic (exact) mass is 273 g/mol. The molecular weight excluding hydrogens is 254 g/mol. The fourth-order valence-corrected chi connectivity index (χ4v) is 2.36. The van der Waals surface area contributed by atoms with Crippen molar-refractivity contribution in [3.63, 3.8) is 0 Å². The van der Waals surface area contributed by atoms with Crippen molar-refractivity contribution in [3.8, 4) is 0 Å². The molecule has 2 rings (SSSR count). The smallest absolute Gasteiger partial charge is 0.407 e. The van der Waals surface area contributed by atoms with Gasteiger partial charge in [-0.25, -0.2) is 4.79 Å². The first-order valence-corrected chi connectivity index (χ1v) is 6.79. The molecule has 0 spiro atoms. The van der Waals surface area contributed by atoms with Crippen LogP contribution in [-0.4, -0.2) is 18.4 Å². The van der Waals surface area contributed by atoms with Crippen LogP contribution in [0.25, 0.3) is 0 Å². The van der Waals surface area contributed by atoms with Crippen LogP contribution in [0.5, 0.6) is 0 Å². The average Bonchev–Trinajstić information content (AvgIpc) is 2.84. The lowest BCUT2D eigenvalue weighted by molar-refractivity contribution is -0.120. The van der Waals surface area contributed by atoms with Gasteiger partial charge in [0.2, 0.25) is 0 Å². The molecule has 1 fully saturated rings. The zero-order valence-electron chi connectivity index (χ0n) is 11.4. The number of ether oxygens (including phenoxy) is 1. The van der Waals surface area contributed by atoms with Crippen molar-refractivity contribution in [3.05, 3.63) is 48.6 Å². The summed E-state index contributed by atoms with van der Waals surface area (Å²) in [5, 5.41) is 2.65. The SMILES string of the molecule is C=CC1CC(=O)C(CNC(=O)OCc2ccccc2)C1. The van der Waals surface area contributed by atoms with Gasteiger partial charge in [0.05, 0.1) is 0 Å². The van der Waals surface area contributed by atoms with Gasteiger partial charge in [0, 0.05) is 18.9 Å². The van der Waals surface area contributed by atoms with E-state index in [1.165, 1.54) is 0 Å². The highest BCUT2D eigenvalue weighted by Crippen LogP contribution is 2.27. The minimum Gasteiger partial charge on any atom is -0.445 e. The first-order valence-electron chi connectivity index (χ1n) is 6.79. The Kier molecular flexibility index (Phi) is 4.93. The van der Waals surface area contributed by atoms with E-state index in [9.17, 15) is 9.59 Å². The van der Waals surface area contributed by atoms with Crippen LogP contribution in [0.3, 0.4) is 0 Å². The maximum absolute atomic E-state index is 11.7. The number of rotatable bonds is 5. The van der Waals surface area contributed by atoms with Gasteiger partial charge in [0.15, 0.2) is 0 Å². The van der Waals surface area contributed by atoms with Crippen LogP contribution < -0.4 is 5.32 Å². The van der Waals surface area contributed by atoms with Crippen LogP contribution in [0.1, 0.15) is 18.4 Å². The topological polar surface area (TPSA) is 55.4 Å². The van der Waals surface area contributed by atoms with E-state index in [4.69, 9.17) is 4.74 Å². The molecule has 4 heteroatoms. The Bertz CT molecular complexity index is 484. The Morgan fingerprint density at radius 2 is 2.15 bits per heavy atom. The summed E-state index contributed by atoms with van der Waals surface area (Å²) in [6.45, 7) is 4.29. The summed E-state index contributed by atoms with van der Waals surface area (Å²) in [5.41, 5.74) is 0.936. The van der Waals surface area contributed by atoms with Gasteiger partial charge in [-0.15, -0.1) is 6.58 Å². The number of benzene rings is 1. The molecule has 106 valence electrons. The second-order valence-corrected chi connectivity index (χ2v) is 5.04. The van der Waals surface area contributed by atoms with Crippen molar-refractivity contribution in [2.45, 2.75) is 19.4 Å². The molecule has 2 atom stereocenters. The van der Waals surface area contributed by atoms with Gasteiger partial charge in [-0.2, -0.15) is 0 Å². The second kappa shape index (κ2) is 6.89. The van der Waals surface area contributed by atoms with E-state index in [1.807, 2.05) is 36.4 Å². The predicted octanol–water partition coefficient (Wildman–Crippen LogP) is 2.69. The van der Waals surface area contributed by atoms with Gasteiger partial charge in [-0.05, 0) is 17.9 Å². The Morgan fingerprint density at radius 3 is 2.80 bits per heavy atom. The van der Waals surface area contributed by atoms with Crippen molar-refractivity contribution < 1.29 is 14.3 Å². The highest BCUT2D eigenvalue weighted by atomic mass is 16.5. The number of carbonyl (C=O) groups is 2. The van der Waals surface area contributed by atoms with Gasteiger partial charge < -0.3 is 10.1 Å². The minimum absolute atomic E-state index is 0.109. The van der Waals surface area contributed by atoms with Crippen LogP contribution in [0.2, 0.25) is 0 Å². The number of hydrogen-bond donors (Lipinski definition) is 1. The number of carbonyl (C=O) groups excluding carboxylic acids is 2. The summed E-state index contributed by atoms with van der Waals surface area (Å²) >= 11 is 0. The van der Waals surface area contributed by atoms with Gasteiger partial charge in [-0.3, -0.25) is 4.79 Å². The number of ketones is 1. The zero-order chi connectivity index (χ0) is 14.4. The summed E-state index contributed by atoms with van der Waals surface area (Å²) in [6.07, 6.45) is 2.63. The largest absolute Gasteiger partial charge is 0.445 e. The molecule has 2 unspecified atom stereocenters. The molecule has 1 aromatic rings. The highest BCUT2D eigenvalue weighted by Gasteiger charge is 2.30. The van der Waals surface area contributed by atoms with E-state index in [2.05, 4.69) is 11.9 Å². The third-order valence-electron chi connectivity index (χ3n) is 3.54. The molecule has 20 heavy (non-hydrogen) atoms. The molecule has 0 saturated heterocycles. The number of alkyl carbamates (subject to hydrolysis) is 1. The third-order valence-corrected chi connectivity index (χ3v) is 3.54. The molecule has 1 aromatic carbocycles.